The zero-order chi connectivity index (χ0) is 20.5. The number of benzene rings is 2. The summed E-state index contributed by atoms with van der Waals surface area (Å²) >= 11 is 11.9. The van der Waals surface area contributed by atoms with Crippen molar-refractivity contribution in [3.05, 3.63) is 58.1 Å². The Labute approximate surface area is 175 Å². The van der Waals surface area contributed by atoms with Gasteiger partial charge in [-0.2, -0.15) is 4.31 Å². The predicted octanol–water partition coefficient (Wildman–Crippen LogP) is 4.91. The zero-order valence-corrected chi connectivity index (χ0v) is 18.0. The van der Waals surface area contributed by atoms with Crippen LogP contribution in [-0.2, 0) is 10.0 Å². The second-order valence-electron chi connectivity index (χ2n) is 7.40. The Morgan fingerprint density at radius 3 is 2.07 bits per heavy atom. The fraction of sp³-hybridized carbons (Fsp3) is 0.350. The molecule has 0 bridgehead atoms. The van der Waals surface area contributed by atoms with Crippen LogP contribution >= 0.6 is 23.2 Å². The number of hydrogen-bond acceptors (Lipinski definition) is 3. The van der Waals surface area contributed by atoms with Crippen LogP contribution in [0.15, 0.2) is 47.4 Å². The molecule has 1 aliphatic rings. The van der Waals surface area contributed by atoms with E-state index in [1.54, 1.807) is 18.2 Å². The van der Waals surface area contributed by atoms with Crippen molar-refractivity contribution in [2.75, 3.05) is 18.4 Å². The SMILES string of the molecule is CC1CC(C)CN(S(=O)(=O)c2ccc(C(=O)Nc3cc(Cl)cc(Cl)c3)cc2)C1. The van der Waals surface area contributed by atoms with Crippen LogP contribution < -0.4 is 5.32 Å². The normalized spacial score (nSPS) is 20.7. The van der Waals surface area contributed by atoms with Crippen LogP contribution in [0, 0.1) is 11.8 Å². The molecule has 2 aromatic carbocycles. The molecule has 0 radical (unpaired) electrons. The third kappa shape index (κ3) is 4.87. The third-order valence-electron chi connectivity index (χ3n) is 4.71. The molecule has 2 aromatic rings. The fourth-order valence-corrected chi connectivity index (χ4v) is 5.76. The molecule has 150 valence electrons. The number of sulfonamides is 1. The molecule has 1 amide bonds. The second kappa shape index (κ2) is 8.41. The van der Waals surface area contributed by atoms with Gasteiger partial charge in [0.15, 0.2) is 0 Å². The summed E-state index contributed by atoms with van der Waals surface area (Å²) in [4.78, 5) is 12.6. The van der Waals surface area contributed by atoms with Gasteiger partial charge in [-0.3, -0.25) is 4.79 Å². The van der Waals surface area contributed by atoms with E-state index in [1.165, 1.54) is 28.6 Å². The van der Waals surface area contributed by atoms with Gasteiger partial charge in [0.25, 0.3) is 5.91 Å². The highest BCUT2D eigenvalue weighted by molar-refractivity contribution is 7.89. The van der Waals surface area contributed by atoms with E-state index < -0.39 is 10.0 Å². The Bertz CT molecular complexity index is 947. The van der Waals surface area contributed by atoms with Crippen molar-refractivity contribution in [3.8, 4) is 0 Å². The van der Waals surface area contributed by atoms with Crippen molar-refractivity contribution >= 4 is 44.8 Å². The molecule has 1 aliphatic heterocycles. The van der Waals surface area contributed by atoms with Crippen molar-refractivity contribution in [2.24, 2.45) is 11.8 Å². The molecule has 2 unspecified atom stereocenters. The minimum absolute atomic E-state index is 0.191. The lowest BCUT2D eigenvalue weighted by Gasteiger charge is -2.34. The van der Waals surface area contributed by atoms with Crippen LogP contribution in [0.5, 0.6) is 0 Å². The molecule has 2 atom stereocenters. The highest BCUT2D eigenvalue weighted by Crippen LogP contribution is 2.27. The molecule has 1 saturated heterocycles. The Hall–Kier alpha value is -1.60. The Balaban J connectivity index is 1.76. The molecule has 5 nitrogen and oxygen atoms in total. The Kier molecular flexibility index (Phi) is 6.34. The van der Waals surface area contributed by atoms with Gasteiger partial charge in [0.05, 0.1) is 4.90 Å². The standard InChI is InChI=1S/C20H22Cl2N2O3S/c1-13-7-14(2)12-24(11-13)28(26,27)19-5-3-15(4-6-19)20(25)23-18-9-16(21)8-17(22)10-18/h3-6,8-10,13-14H,7,11-12H2,1-2H3,(H,23,25). The summed E-state index contributed by atoms with van der Waals surface area (Å²) in [5, 5.41) is 3.53. The summed E-state index contributed by atoms with van der Waals surface area (Å²) in [7, 11) is -3.57. The number of halogens is 2. The number of amides is 1. The average Bonchev–Trinajstić information content (AvgIpc) is 2.60. The lowest BCUT2D eigenvalue weighted by Crippen LogP contribution is -2.42. The van der Waals surface area contributed by atoms with Crippen molar-refractivity contribution in [1.29, 1.82) is 0 Å². The number of hydrogen-bond donors (Lipinski definition) is 1. The van der Waals surface area contributed by atoms with Gasteiger partial charge in [-0.1, -0.05) is 37.0 Å². The Morgan fingerprint density at radius 2 is 1.54 bits per heavy atom. The first-order valence-electron chi connectivity index (χ1n) is 9.03. The zero-order valence-electron chi connectivity index (χ0n) is 15.7. The highest BCUT2D eigenvalue weighted by Gasteiger charge is 2.31. The fourth-order valence-electron chi connectivity index (χ4n) is 3.56. The van der Waals surface area contributed by atoms with Crippen LogP contribution in [0.1, 0.15) is 30.6 Å². The Morgan fingerprint density at radius 1 is 1.00 bits per heavy atom. The number of carbonyl (C=O) groups is 1. The molecule has 0 spiro atoms. The minimum Gasteiger partial charge on any atom is -0.322 e. The summed E-state index contributed by atoms with van der Waals surface area (Å²) in [5.41, 5.74) is 0.811. The van der Waals surface area contributed by atoms with Gasteiger partial charge in [0.1, 0.15) is 0 Å². The monoisotopic (exact) mass is 440 g/mol. The molecule has 3 rings (SSSR count). The topological polar surface area (TPSA) is 66.5 Å². The summed E-state index contributed by atoms with van der Waals surface area (Å²) in [5.74, 6) is 0.281. The summed E-state index contributed by atoms with van der Waals surface area (Å²) in [6, 6.07) is 10.7. The smallest absolute Gasteiger partial charge is 0.255 e. The molecular formula is C20H22Cl2N2O3S. The predicted molar refractivity (Wildman–Crippen MR) is 113 cm³/mol. The molecule has 1 N–H and O–H groups in total. The van der Waals surface area contributed by atoms with E-state index in [0.29, 0.717) is 46.2 Å². The molecule has 1 fully saturated rings. The quantitative estimate of drug-likeness (QED) is 0.733. The summed E-state index contributed by atoms with van der Waals surface area (Å²) < 4.78 is 27.4. The third-order valence-corrected chi connectivity index (χ3v) is 6.99. The van der Waals surface area contributed by atoms with E-state index in [4.69, 9.17) is 23.2 Å². The van der Waals surface area contributed by atoms with Crippen LogP contribution in [-0.4, -0.2) is 31.7 Å². The number of nitrogens with one attached hydrogen (secondary N) is 1. The lowest BCUT2D eigenvalue weighted by molar-refractivity contribution is 0.102. The highest BCUT2D eigenvalue weighted by atomic mass is 35.5. The number of carbonyl (C=O) groups excluding carboxylic acids is 1. The van der Waals surface area contributed by atoms with Crippen molar-refractivity contribution in [2.45, 2.75) is 25.2 Å². The van der Waals surface area contributed by atoms with E-state index >= 15 is 0 Å². The van der Waals surface area contributed by atoms with Crippen LogP contribution in [0.2, 0.25) is 10.0 Å². The van der Waals surface area contributed by atoms with Crippen molar-refractivity contribution in [1.82, 2.24) is 4.31 Å². The van der Waals surface area contributed by atoms with Crippen molar-refractivity contribution in [3.63, 3.8) is 0 Å². The number of piperidine rings is 1. The van der Waals surface area contributed by atoms with Gasteiger partial charge in [-0.15, -0.1) is 0 Å². The summed E-state index contributed by atoms with van der Waals surface area (Å²) in [6.45, 7) is 5.16. The van der Waals surface area contributed by atoms with Gasteiger partial charge >= 0.3 is 0 Å². The summed E-state index contributed by atoms with van der Waals surface area (Å²) in [6.07, 6.45) is 1.03. The maximum Gasteiger partial charge on any atom is 0.255 e. The lowest BCUT2D eigenvalue weighted by atomic mass is 9.94. The maximum atomic E-state index is 12.9. The van der Waals surface area contributed by atoms with Crippen LogP contribution in [0.25, 0.3) is 0 Å². The van der Waals surface area contributed by atoms with E-state index in [-0.39, 0.29) is 10.8 Å². The molecule has 1 heterocycles. The largest absolute Gasteiger partial charge is 0.322 e. The molecule has 0 saturated carbocycles. The average molecular weight is 441 g/mol. The van der Waals surface area contributed by atoms with Gasteiger partial charge in [-0.25, -0.2) is 8.42 Å². The van der Waals surface area contributed by atoms with E-state index in [0.717, 1.165) is 6.42 Å². The van der Waals surface area contributed by atoms with Crippen LogP contribution in [0.3, 0.4) is 0 Å². The number of anilines is 1. The first kappa shape index (κ1) is 21.1. The number of nitrogens with zero attached hydrogens (tertiary/aromatic N) is 1. The molecule has 8 heteroatoms. The minimum atomic E-state index is -3.57. The second-order valence-corrected chi connectivity index (χ2v) is 10.2. The van der Waals surface area contributed by atoms with E-state index in [1.807, 2.05) is 0 Å². The van der Waals surface area contributed by atoms with Gasteiger partial charge in [-0.05, 0) is 60.7 Å². The van der Waals surface area contributed by atoms with E-state index in [9.17, 15) is 13.2 Å². The molecule has 0 aliphatic carbocycles. The molecule has 0 aromatic heterocycles. The molecule has 28 heavy (non-hydrogen) atoms. The number of rotatable bonds is 4. The van der Waals surface area contributed by atoms with Gasteiger partial charge < -0.3 is 5.32 Å². The molecular weight excluding hydrogens is 419 g/mol. The van der Waals surface area contributed by atoms with Crippen molar-refractivity contribution < 1.29 is 13.2 Å². The van der Waals surface area contributed by atoms with E-state index in [2.05, 4.69) is 19.2 Å². The first-order chi connectivity index (χ1) is 13.1. The first-order valence-corrected chi connectivity index (χ1v) is 11.2. The van der Waals surface area contributed by atoms with Gasteiger partial charge in [0, 0.05) is 34.4 Å². The van der Waals surface area contributed by atoms with Crippen LogP contribution in [0.4, 0.5) is 5.69 Å². The van der Waals surface area contributed by atoms with Gasteiger partial charge in [0.2, 0.25) is 10.0 Å². The maximum absolute atomic E-state index is 12.9.